The molecule has 0 atom stereocenters. The second-order valence-corrected chi connectivity index (χ2v) is 0.656. The van der Waals surface area contributed by atoms with Crippen molar-refractivity contribution in [2.24, 2.45) is 16.1 Å². The average molecular weight is 98.1 g/mol. The van der Waals surface area contributed by atoms with Gasteiger partial charge in [0.2, 0.25) is 0 Å². The van der Waals surface area contributed by atoms with Crippen LogP contribution in [-0.4, -0.2) is 5.84 Å². The summed E-state index contributed by atoms with van der Waals surface area (Å²) >= 11 is 0. The Morgan fingerprint density at radius 1 is 1.86 bits per heavy atom. The Morgan fingerprint density at radius 3 is 2.43 bits per heavy atom. The highest BCUT2D eigenvalue weighted by Crippen LogP contribution is 1.68. The quantitative estimate of drug-likeness (QED) is 0.146. The van der Waals surface area contributed by atoms with E-state index in [-0.39, 0.29) is 0 Å². The van der Waals surface area contributed by atoms with Crippen LogP contribution in [0, 0.1) is 16.2 Å². The van der Waals surface area contributed by atoms with Crippen LogP contribution in [0.15, 0.2) is 10.3 Å². The number of nitriles is 1. The van der Waals surface area contributed by atoms with E-state index in [2.05, 4.69) is 16.1 Å². The molecular formula is C2H2N4O. The SMILES string of the molecule is N#CC(N=O)=NN. The Balaban J connectivity index is 3.94. The molecule has 5 heteroatoms. The first-order valence-electron chi connectivity index (χ1n) is 1.36. The third-order valence-corrected chi connectivity index (χ3v) is 0.309. The van der Waals surface area contributed by atoms with Gasteiger partial charge in [0.1, 0.15) is 6.07 Å². The zero-order valence-corrected chi connectivity index (χ0v) is 3.33. The van der Waals surface area contributed by atoms with Crippen molar-refractivity contribution in [2.45, 2.75) is 0 Å². The summed E-state index contributed by atoms with van der Waals surface area (Å²) in [6, 6.07) is 1.35. The first-order chi connectivity index (χ1) is 3.35. The van der Waals surface area contributed by atoms with Gasteiger partial charge >= 0.3 is 0 Å². The smallest absolute Gasteiger partial charge is 0.291 e. The second kappa shape index (κ2) is 2.78. The summed E-state index contributed by atoms with van der Waals surface area (Å²) in [6.45, 7) is 0. The Hall–Kier alpha value is -1.44. The fourth-order valence-electron chi connectivity index (χ4n) is 0.0729. The molecule has 0 radical (unpaired) electrons. The van der Waals surface area contributed by atoms with Crippen LogP contribution in [0.1, 0.15) is 0 Å². The van der Waals surface area contributed by atoms with Crippen molar-refractivity contribution in [1.29, 1.82) is 5.26 Å². The van der Waals surface area contributed by atoms with E-state index in [0.29, 0.717) is 0 Å². The molecule has 0 aliphatic carbocycles. The van der Waals surface area contributed by atoms with Crippen molar-refractivity contribution in [2.75, 3.05) is 0 Å². The van der Waals surface area contributed by atoms with Crippen LogP contribution >= 0.6 is 0 Å². The highest BCUT2D eigenvalue weighted by atomic mass is 16.3. The van der Waals surface area contributed by atoms with E-state index in [1.54, 1.807) is 0 Å². The molecule has 0 unspecified atom stereocenters. The predicted octanol–water partition coefficient (Wildman–Crippen LogP) is -0.451. The zero-order chi connectivity index (χ0) is 5.70. The van der Waals surface area contributed by atoms with Crippen LogP contribution in [0.3, 0.4) is 0 Å². The molecule has 0 fully saturated rings. The van der Waals surface area contributed by atoms with Gasteiger partial charge in [0.25, 0.3) is 5.84 Å². The average Bonchev–Trinajstić information content (AvgIpc) is 1.72. The minimum atomic E-state index is -0.542. The molecular weight excluding hydrogens is 96.0 g/mol. The van der Waals surface area contributed by atoms with Crippen LogP contribution in [0.25, 0.3) is 0 Å². The number of hydrazone groups is 1. The zero-order valence-electron chi connectivity index (χ0n) is 3.33. The number of nitrogens with two attached hydrogens (primary N) is 1. The Labute approximate surface area is 39.4 Å². The molecule has 5 nitrogen and oxygen atoms in total. The van der Waals surface area contributed by atoms with E-state index in [9.17, 15) is 4.91 Å². The van der Waals surface area contributed by atoms with E-state index in [0.717, 1.165) is 0 Å². The molecule has 0 heterocycles. The van der Waals surface area contributed by atoms with Crippen molar-refractivity contribution in [3.63, 3.8) is 0 Å². The summed E-state index contributed by atoms with van der Waals surface area (Å²) in [7, 11) is 0. The largest absolute Gasteiger partial charge is 0.320 e. The van der Waals surface area contributed by atoms with Crippen LogP contribution in [-0.2, 0) is 0 Å². The lowest BCUT2D eigenvalue weighted by molar-refractivity contribution is 1.23. The van der Waals surface area contributed by atoms with Crippen LogP contribution in [0.4, 0.5) is 0 Å². The summed E-state index contributed by atoms with van der Waals surface area (Å²) in [6.07, 6.45) is 0. The number of nitroso groups, excluding NO2 is 1. The van der Waals surface area contributed by atoms with Gasteiger partial charge in [-0.15, -0.1) is 10.0 Å². The van der Waals surface area contributed by atoms with Crippen molar-refractivity contribution in [3.05, 3.63) is 4.91 Å². The number of rotatable bonds is 0. The monoisotopic (exact) mass is 98.0 g/mol. The van der Waals surface area contributed by atoms with Gasteiger partial charge in [0.05, 0.1) is 0 Å². The van der Waals surface area contributed by atoms with E-state index in [1.165, 1.54) is 6.07 Å². The van der Waals surface area contributed by atoms with E-state index in [1.807, 2.05) is 0 Å². The van der Waals surface area contributed by atoms with Crippen molar-refractivity contribution in [3.8, 4) is 6.07 Å². The Kier molecular flexibility index (Phi) is 2.21. The molecule has 2 N–H and O–H groups in total. The van der Waals surface area contributed by atoms with E-state index < -0.39 is 5.84 Å². The normalized spacial score (nSPS) is 9.86. The summed E-state index contributed by atoms with van der Waals surface area (Å²) in [5, 5.41) is 12.6. The number of hydrogen-bond acceptors (Lipinski definition) is 4. The van der Waals surface area contributed by atoms with Crippen LogP contribution in [0.2, 0.25) is 0 Å². The van der Waals surface area contributed by atoms with Crippen molar-refractivity contribution >= 4 is 5.84 Å². The van der Waals surface area contributed by atoms with Gasteiger partial charge in [0, 0.05) is 5.18 Å². The minimum Gasteiger partial charge on any atom is -0.320 e. The lowest BCUT2D eigenvalue weighted by Crippen LogP contribution is -1.91. The van der Waals surface area contributed by atoms with Crippen molar-refractivity contribution < 1.29 is 0 Å². The summed E-state index contributed by atoms with van der Waals surface area (Å²) in [5.74, 6) is 3.92. The fourth-order valence-corrected chi connectivity index (χ4v) is 0.0729. The Bertz CT molecular complexity index is 131. The summed E-state index contributed by atoms with van der Waals surface area (Å²) in [4.78, 5) is 9.28. The number of hydrogen-bond donors (Lipinski definition) is 1. The summed E-state index contributed by atoms with van der Waals surface area (Å²) < 4.78 is 0. The molecule has 0 aliphatic rings. The first kappa shape index (κ1) is 5.56. The molecule has 0 rings (SSSR count). The highest BCUT2D eigenvalue weighted by molar-refractivity contribution is 5.96. The lowest BCUT2D eigenvalue weighted by atomic mass is 10.7. The molecule has 0 aliphatic heterocycles. The van der Waals surface area contributed by atoms with Gasteiger partial charge in [-0.25, -0.2) is 0 Å². The molecule has 0 aromatic rings. The molecule has 7 heavy (non-hydrogen) atoms. The third kappa shape index (κ3) is 1.44. The van der Waals surface area contributed by atoms with Gasteiger partial charge in [0.15, 0.2) is 0 Å². The molecule has 0 bridgehead atoms. The molecule has 0 saturated heterocycles. The van der Waals surface area contributed by atoms with Gasteiger partial charge in [-0.1, -0.05) is 0 Å². The van der Waals surface area contributed by atoms with Crippen LogP contribution in [0.5, 0.6) is 0 Å². The number of nitrogens with zero attached hydrogens (tertiary/aromatic N) is 3. The molecule has 0 spiro atoms. The lowest BCUT2D eigenvalue weighted by Gasteiger charge is -1.68. The molecule has 36 valence electrons. The number of amidine groups is 1. The van der Waals surface area contributed by atoms with E-state index >= 15 is 0 Å². The summed E-state index contributed by atoms with van der Waals surface area (Å²) in [5.41, 5.74) is 0. The minimum absolute atomic E-state index is 0.542. The topological polar surface area (TPSA) is 91.6 Å². The van der Waals surface area contributed by atoms with Gasteiger partial charge in [-0.2, -0.15) is 5.26 Å². The molecule has 0 saturated carbocycles. The van der Waals surface area contributed by atoms with Crippen molar-refractivity contribution in [1.82, 2.24) is 0 Å². The maximum atomic E-state index is 9.28. The maximum absolute atomic E-state index is 9.28. The second-order valence-electron chi connectivity index (χ2n) is 0.656. The molecule has 0 aromatic heterocycles. The standard InChI is InChI=1S/C2H2N4O/c3-1-2(5-4)6-7/h4H2. The van der Waals surface area contributed by atoms with Crippen LogP contribution < -0.4 is 5.84 Å². The third-order valence-electron chi connectivity index (χ3n) is 0.309. The fraction of sp³-hybridized carbons (Fsp3) is 0. The molecule has 0 amide bonds. The predicted molar refractivity (Wildman–Crippen MR) is 23.0 cm³/mol. The highest BCUT2D eigenvalue weighted by Gasteiger charge is 1.87. The van der Waals surface area contributed by atoms with Gasteiger partial charge < -0.3 is 5.84 Å². The molecule has 0 aromatic carbocycles. The van der Waals surface area contributed by atoms with E-state index in [4.69, 9.17) is 5.26 Å². The first-order valence-corrected chi connectivity index (χ1v) is 1.36. The van der Waals surface area contributed by atoms with Gasteiger partial charge in [-0.3, -0.25) is 0 Å². The maximum Gasteiger partial charge on any atom is 0.291 e. The Morgan fingerprint density at radius 2 is 2.43 bits per heavy atom. The van der Waals surface area contributed by atoms with Gasteiger partial charge in [-0.05, 0) is 0 Å².